The third-order valence-corrected chi connectivity index (χ3v) is 6.92. The Bertz CT molecular complexity index is 1190. The van der Waals surface area contributed by atoms with Gasteiger partial charge in [-0.15, -0.1) is 0 Å². The van der Waals surface area contributed by atoms with Crippen LogP contribution in [0.25, 0.3) is 10.9 Å². The Hall–Kier alpha value is -2.19. The number of aromatic nitrogens is 2. The van der Waals surface area contributed by atoms with Crippen LogP contribution in [-0.2, 0) is 12.3 Å². The molecule has 3 aromatic rings. The van der Waals surface area contributed by atoms with E-state index < -0.39 is 11.6 Å². The van der Waals surface area contributed by atoms with Crippen LogP contribution in [0.2, 0.25) is 10.0 Å². The van der Waals surface area contributed by atoms with Gasteiger partial charge in [-0.2, -0.15) is 8.78 Å². The van der Waals surface area contributed by atoms with E-state index in [4.69, 9.17) is 23.2 Å². The van der Waals surface area contributed by atoms with E-state index in [0.29, 0.717) is 12.4 Å². The monoisotopic (exact) mass is 507 g/mol. The lowest BCUT2D eigenvalue weighted by Gasteiger charge is -2.36. The van der Waals surface area contributed by atoms with Crippen molar-refractivity contribution in [2.45, 2.75) is 31.7 Å². The maximum atomic E-state index is 14.5. The van der Waals surface area contributed by atoms with Crippen LogP contribution in [0, 0.1) is 0 Å². The fraction of sp³-hybridized carbons (Fsp3) is 0.400. The summed E-state index contributed by atoms with van der Waals surface area (Å²) in [5, 5.41) is 8.28. The molecule has 4 rings (SSSR count). The predicted octanol–water partition coefficient (Wildman–Crippen LogP) is 6.16. The van der Waals surface area contributed by atoms with Crippen molar-refractivity contribution in [2.24, 2.45) is 0 Å². The fourth-order valence-electron chi connectivity index (χ4n) is 4.55. The molecule has 0 saturated heterocycles. The van der Waals surface area contributed by atoms with Gasteiger partial charge in [-0.05, 0) is 74.8 Å². The van der Waals surface area contributed by atoms with Crippen LogP contribution in [0.4, 0.5) is 14.6 Å². The summed E-state index contributed by atoms with van der Waals surface area (Å²) < 4.78 is 28.9. The van der Waals surface area contributed by atoms with Crippen molar-refractivity contribution in [3.8, 4) is 0 Å². The van der Waals surface area contributed by atoms with E-state index in [-0.39, 0.29) is 16.6 Å². The van der Waals surface area contributed by atoms with Crippen molar-refractivity contribution in [2.75, 3.05) is 38.5 Å². The Labute approximate surface area is 208 Å². The first kappa shape index (κ1) is 24.9. The predicted molar refractivity (Wildman–Crippen MR) is 136 cm³/mol. The van der Waals surface area contributed by atoms with E-state index in [2.05, 4.69) is 32.1 Å². The minimum atomic E-state index is -3.28. The van der Waals surface area contributed by atoms with Crippen LogP contribution in [0.3, 0.4) is 0 Å². The van der Waals surface area contributed by atoms with Crippen LogP contribution in [0.1, 0.15) is 36.3 Å². The number of allylic oxidation sites excluding steroid dienone is 1. The Morgan fingerprint density at radius 1 is 1.26 bits per heavy atom. The quantitative estimate of drug-likeness (QED) is 0.303. The number of nitrogens with one attached hydrogen (secondary N) is 3. The number of rotatable bonds is 9. The van der Waals surface area contributed by atoms with Crippen LogP contribution in [-0.4, -0.2) is 48.1 Å². The molecule has 1 aromatic carbocycles. The number of nitrogens with zero attached hydrogens (tertiary/aromatic N) is 2. The standard InChI is InChI=1S/C25H29Cl2F2N5/c1-15(2)25(28,29)24-19(27)5-7-22(33-24)31-11-13-34-12-9-17-18-14-16(26)4-6-20(18)32-23(17)21(34)8-10-30-3/h4-7,14,21,30,32H,1,8-13H2,2-3H3,(H,31,33). The maximum absolute atomic E-state index is 14.5. The number of hydrogen-bond donors (Lipinski definition) is 3. The number of alkyl halides is 2. The number of fused-ring (bicyclic) bond motifs is 3. The van der Waals surface area contributed by atoms with Gasteiger partial charge < -0.3 is 15.6 Å². The average molecular weight is 508 g/mol. The smallest absolute Gasteiger partial charge is 0.312 e. The zero-order valence-corrected chi connectivity index (χ0v) is 20.8. The van der Waals surface area contributed by atoms with Gasteiger partial charge in [-0.25, -0.2) is 4.98 Å². The van der Waals surface area contributed by atoms with Gasteiger partial charge in [0.2, 0.25) is 0 Å². The highest BCUT2D eigenvalue weighted by molar-refractivity contribution is 6.31. The summed E-state index contributed by atoms with van der Waals surface area (Å²) in [5.74, 6) is -2.92. The largest absolute Gasteiger partial charge is 0.369 e. The van der Waals surface area contributed by atoms with Crippen LogP contribution >= 0.6 is 23.2 Å². The minimum absolute atomic E-state index is 0.0758. The first-order valence-electron chi connectivity index (χ1n) is 11.4. The molecule has 3 N–H and O–H groups in total. The van der Waals surface area contributed by atoms with E-state index in [1.54, 1.807) is 6.07 Å². The van der Waals surface area contributed by atoms with E-state index in [1.165, 1.54) is 29.6 Å². The van der Waals surface area contributed by atoms with E-state index in [1.807, 2.05) is 25.2 Å². The number of anilines is 1. The molecule has 34 heavy (non-hydrogen) atoms. The molecular weight excluding hydrogens is 479 g/mol. The molecule has 0 spiro atoms. The maximum Gasteiger partial charge on any atom is 0.312 e. The van der Waals surface area contributed by atoms with Crippen molar-refractivity contribution in [3.05, 3.63) is 69.5 Å². The van der Waals surface area contributed by atoms with Gasteiger partial charge in [-0.1, -0.05) is 29.8 Å². The molecule has 0 aliphatic carbocycles. The normalized spacial score (nSPS) is 16.6. The van der Waals surface area contributed by atoms with Crippen molar-refractivity contribution in [3.63, 3.8) is 0 Å². The van der Waals surface area contributed by atoms with E-state index >= 15 is 0 Å². The number of pyridine rings is 1. The number of hydrogen-bond acceptors (Lipinski definition) is 4. The molecule has 1 aliphatic rings. The molecule has 2 aromatic heterocycles. The molecule has 0 fully saturated rings. The Kier molecular flexibility index (Phi) is 7.48. The van der Waals surface area contributed by atoms with E-state index in [9.17, 15) is 8.78 Å². The molecule has 1 unspecified atom stereocenters. The number of benzene rings is 1. The molecule has 1 aliphatic heterocycles. The lowest BCUT2D eigenvalue weighted by molar-refractivity contribution is 0.0340. The Balaban J connectivity index is 1.50. The third-order valence-electron chi connectivity index (χ3n) is 6.38. The summed E-state index contributed by atoms with van der Waals surface area (Å²) in [6.07, 6.45) is 1.86. The Morgan fingerprint density at radius 3 is 2.79 bits per heavy atom. The average Bonchev–Trinajstić information content (AvgIpc) is 3.17. The lowest BCUT2D eigenvalue weighted by atomic mass is 9.95. The second-order valence-electron chi connectivity index (χ2n) is 8.71. The zero-order valence-electron chi connectivity index (χ0n) is 19.3. The fourth-order valence-corrected chi connectivity index (χ4v) is 4.95. The van der Waals surface area contributed by atoms with Crippen molar-refractivity contribution in [1.82, 2.24) is 20.2 Å². The number of H-pyrrole nitrogens is 1. The second kappa shape index (κ2) is 10.2. The van der Waals surface area contributed by atoms with Gasteiger partial charge in [0.05, 0.1) is 11.1 Å². The summed E-state index contributed by atoms with van der Waals surface area (Å²) in [6, 6.07) is 9.24. The van der Waals surface area contributed by atoms with Gasteiger partial charge in [-0.3, -0.25) is 4.90 Å². The summed E-state index contributed by atoms with van der Waals surface area (Å²) in [4.78, 5) is 10.1. The van der Waals surface area contributed by atoms with E-state index in [0.717, 1.165) is 43.0 Å². The second-order valence-corrected chi connectivity index (χ2v) is 9.55. The van der Waals surface area contributed by atoms with Crippen molar-refractivity contribution in [1.29, 1.82) is 0 Å². The summed E-state index contributed by atoms with van der Waals surface area (Å²) in [7, 11) is 1.95. The SMILES string of the molecule is C=C(C)C(F)(F)c1nc(NCCN2CCc3c([nH]c4ccc(Cl)cc34)C2CCNC)ccc1Cl. The highest BCUT2D eigenvalue weighted by Crippen LogP contribution is 2.38. The van der Waals surface area contributed by atoms with Gasteiger partial charge in [0.15, 0.2) is 0 Å². The highest BCUT2D eigenvalue weighted by atomic mass is 35.5. The molecule has 3 heterocycles. The third kappa shape index (κ3) is 4.93. The number of aromatic amines is 1. The molecule has 9 heteroatoms. The molecule has 182 valence electrons. The number of halogens is 4. The summed E-state index contributed by atoms with van der Waals surface area (Å²) in [6.45, 7) is 7.72. The topological polar surface area (TPSA) is 56.0 Å². The first-order valence-corrected chi connectivity index (χ1v) is 12.1. The Morgan fingerprint density at radius 2 is 2.06 bits per heavy atom. The first-order chi connectivity index (χ1) is 16.2. The summed E-state index contributed by atoms with van der Waals surface area (Å²) in [5.41, 5.74) is 2.88. The van der Waals surface area contributed by atoms with Crippen molar-refractivity contribution >= 4 is 39.9 Å². The molecule has 0 amide bonds. The highest BCUT2D eigenvalue weighted by Gasteiger charge is 2.37. The zero-order chi connectivity index (χ0) is 24.5. The molecule has 0 radical (unpaired) electrons. The van der Waals surface area contributed by atoms with Crippen LogP contribution in [0.5, 0.6) is 0 Å². The lowest BCUT2D eigenvalue weighted by Crippen LogP contribution is -2.39. The summed E-state index contributed by atoms with van der Waals surface area (Å²) >= 11 is 12.3. The molecule has 5 nitrogen and oxygen atoms in total. The van der Waals surface area contributed by atoms with Crippen molar-refractivity contribution < 1.29 is 8.78 Å². The minimum Gasteiger partial charge on any atom is -0.369 e. The van der Waals surface area contributed by atoms with Crippen LogP contribution in [0.15, 0.2) is 42.5 Å². The molecule has 1 atom stereocenters. The molecular formula is C25H29Cl2F2N5. The molecule has 0 bridgehead atoms. The van der Waals surface area contributed by atoms with Crippen LogP contribution < -0.4 is 10.6 Å². The molecule has 0 saturated carbocycles. The van der Waals surface area contributed by atoms with Gasteiger partial charge in [0, 0.05) is 41.3 Å². The van der Waals surface area contributed by atoms with Gasteiger partial charge in [0.1, 0.15) is 11.5 Å². The van der Waals surface area contributed by atoms with Gasteiger partial charge in [0.25, 0.3) is 0 Å². The van der Waals surface area contributed by atoms with Gasteiger partial charge >= 0.3 is 5.92 Å².